The van der Waals surface area contributed by atoms with Gasteiger partial charge >= 0.3 is 0 Å². The average Bonchev–Trinajstić information content (AvgIpc) is 2.55. The predicted molar refractivity (Wildman–Crippen MR) is 93.7 cm³/mol. The van der Waals surface area contributed by atoms with Crippen LogP contribution in [0.5, 0.6) is 5.75 Å². The predicted octanol–water partition coefficient (Wildman–Crippen LogP) is 1.96. The number of aliphatic hydroxyl groups excluding tert-OH is 1. The van der Waals surface area contributed by atoms with E-state index in [1.807, 2.05) is 25.1 Å². The third-order valence-electron chi connectivity index (χ3n) is 3.94. The summed E-state index contributed by atoms with van der Waals surface area (Å²) in [5, 5.41) is 22.9. The van der Waals surface area contributed by atoms with E-state index < -0.39 is 12.1 Å². The van der Waals surface area contributed by atoms with Gasteiger partial charge in [0, 0.05) is 12.5 Å². The molecule has 1 amide bonds. The van der Waals surface area contributed by atoms with Gasteiger partial charge in [0.1, 0.15) is 12.0 Å². The van der Waals surface area contributed by atoms with Gasteiger partial charge in [-0.15, -0.1) is 0 Å². The van der Waals surface area contributed by atoms with Crippen LogP contribution in [0.3, 0.4) is 0 Å². The first-order valence-corrected chi connectivity index (χ1v) is 8.05. The molecule has 2 unspecified atom stereocenters. The van der Waals surface area contributed by atoms with Crippen molar-refractivity contribution in [3.63, 3.8) is 0 Å². The largest absolute Gasteiger partial charge is 0.507 e. The summed E-state index contributed by atoms with van der Waals surface area (Å²) >= 11 is 0. The molecule has 5 N–H and O–H groups in total. The zero-order chi connectivity index (χ0) is 17.5. The monoisotopic (exact) mass is 328 g/mol. The SMILES string of the molecule is CC(CCc1ccccc1)NC(O)Cc1ccc(O)c(C(N)=O)c1. The maximum absolute atomic E-state index is 11.2. The first-order chi connectivity index (χ1) is 11.5. The molecule has 0 saturated heterocycles. The normalized spacial score (nSPS) is 13.4. The number of nitrogens with one attached hydrogen (secondary N) is 1. The number of hydrogen-bond acceptors (Lipinski definition) is 4. The molecule has 0 aliphatic carbocycles. The molecule has 0 aliphatic heterocycles. The number of nitrogens with two attached hydrogens (primary N) is 1. The minimum Gasteiger partial charge on any atom is -0.507 e. The Hall–Kier alpha value is -2.37. The van der Waals surface area contributed by atoms with Crippen molar-refractivity contribution >= 4 is 5.91 Å². The van der Waals surface area contributed by atoms with Gasteiger partial charge in [0.15, 0.2) is 0 Å². The van der Waals surface area contributed by atoms with E-state index >= 15 is 0 Å². The molecule has 5 heteroatoms. The second kappa shape index (κ2) is 8.47. The summed E-state index contributed by atoms with van der Waals surface area (Å²) in [5.41, 5.74) is 7.28. The highest BCUT2D eigenvalue weighted by molar-refractivity contribution is 5.95. The molecule has 0 heterocycles. The Balaban J connectivity index is 1.85. The van der Waals surface area contributed by atoms with E-state index in [1.54, 1.807) is 6.07 Å². The molecule has 5 nitrogen and oxygen atoms in total. The third-order valence-corrected chi connectivity index (χ3v) is 3.94. The fourth-order valence-electron chi connectivity index (χ4n) is 2.63. The van der Waals surface area contributed by atoms with Crippen LogP contribution < -0.4 is 11.1 Å². The van der Waals surface area contributed by atoms with Crippen molar-refractivity contribution in [1.29, 1.82) is 0 Å². The Bertz CT molecular complexity index is 674. The number of benzene rings is 2. The number of phenols is 1. The smallest absolute Gasteiger partial charge is 0.252 e. The van der Waals surface area contributed by atoms with Gasteiger partial charge in [-0.3, -0.25) is 10.1 Å². The number of aryl methyl sites for hydroxylation is 1. The van der Waals surface area contributed by atoms with Crippen LogP contribution in [-0.2, 0) is 12.8 Å². The van der Waals surface area contributed by atoms with Crippen molar-refractivity contribution < 1.29 is 15.0 Å². The number of amides is 1. The molecule has 0 fully saturated rings. The van der Waals surface area contributed by atoms with Crippen LogP contribution in [-0.4, -0.2) is 28.4 Å². The number of aliphatic hydroxyl groups is 1. The second-order valence-corrected chi connectivity index (χ2v) is 6.03. The first-order valence-electron chi connectivity index (χ1n) is 8.05. The third kappa shape index (κ3) is 5.37. The molecule has 2 aromatic carbocycles. The summed E-state index contributed by atoms with van der Waals surface area (Å²) in [6, 6.07) is 14.9. The minimum atomic E-state index is -0.735. The fraction of sp³-hybridized carbons (Fsp3) is 0.316. The van der Waals surface area contributed by atoms with Crippen LogP contribution in [0.15, 0.2) is 48.5 Å². The Kier molecular flexibility index (Phi) is 6.35. The zero-order valence-corrected chi connectivity index (χ0v) is 13.8. The van der Waals surface area contributed by atoms with Crippen LogP contribution in [0.1, 0.15) is 34.8 Å². The fourth-order valence-corrected chi connectivity index (χ4v) is 2.63. The number of carbonyl (C=O) groups excluding carboxylic acids is 1. The number of primary amides is 1. The van der Waals surface area contributed by atoms with Gasteiger partial charge in [-0.1, -0.05) is 36.4 Å². The van der Waals surface area contributed by atoms with Crippen molar-refractivity contribution in [2.45, 2.75) is 38.5 Å². The molecular weight excluding hydrogens is 304 g/mol. The lowest BCUT2D eigenvalue weighted by Gasteiger charge is -2.19. The van der Waals surface area contributed by atoms with E-state index in [1.165, 1.54) is 17.7 Å². The number of rotatable bonds is 8. The molecule has 2 atom stereocenters. The molecule has 0 saturated carbocycles. The number of carbonyl (C=O) groups is 1. The zero-order valence-electron chi connectivity index (χ0n) is 13.8. The van der Waals surface area contributed by atoms with E-state index in [4.69, 9.17) is 5.73 Å². The molecule has 2 rings (SSSR count). The maximum atomic E-state index is 11.2. The lowest BCUT2D eigenvalue weighted by molar-refractivity contribution is 0.0996. The van der Waals surface area contributed by atoms with Crippen molar-refractivity contribution in [2.24, 2.45) is 5.73 Å². The molecular formula is C19H24N2O3. The summed E-state index contributed by atoms with van der Waals surface area (Å²) in [6.45, 7) is 2.03. The van der Waals surface area contributed by atoms with Gasteiger partial charge in [0.2, 0.25) is 0 Å². The summed E-state index contributed by atoms with van der Waals surface area (Å²) in [7, 11) is 0. The highest BCUT2D eigenvalue weighted by Gasteiger charge is 2.13. The van der Waals surface area contributed by atoms with E-state index in [-0.39, 0.29) is 17.4 Å². The molecule has 0 aromatic heterocycles. The summed E-state index contributed by atoms with van der Waals surface area (Å²) in [4.78, 5) is 11.2. The van der Waals surface area contributed by atoms with Gasteiger partial charge < -0.3 is 15.9 Å². The Morgan fingerprint density at radius 3 is 2.54 bits per heavy atom. The van der Waals surface area contributed by atoms with Crippen molar-refractivity contribution in [3.05, 3.63) is 65.2 Å². The molecule has 128 valence electrons. The van der Waals surface area contributed by atoms with Crippen LogP contribution in [0.2, 0.25) is 0 Å². The summed E-state index contributed by atoms with van der Waals surface area (Å²) in [6.07, 6.45) is 1.44. The van der Waals surface area contributed by atoms with Crippen LogP contribution >= 0.6 is 0 Å². The van der Waals surface area contributed by atoms with Crippen LogP contribution in [0.25, 0.3) is 0 Å². The summed E-state index contributed by atoms with van der Waals surface area (Å²) < 4.78 is 0. The molecule has 0 radical (unpaired) electrons. The first kappa shape index (κ1) is 18.0. The number of hydrogen-bond donors (Lipinski definition) is 4. The quantitative estimate of drug-likeness (QED) is 0.557. The lowest BCUT2D eigenvalue weighted by atomic mass is 10.0. The standard InChI is InChI=1S/C19H24N2O3/c1-13(7-8-14-5-3-2-4-6-14)21-18(23)12-15-9-10-17(22)16(11-15)19(20)24/h2-6,9-11,13,18,21-23H,7-8,12H2,1H3,(H2,20,24). The Labute approximate surface area is 142 Å². The highest BCUT2D eigenvalue weighted by atomic mass is 16.3. The second-order valence-electron chi connectivity index (χ2n) is 6.03. The Morgan fingerprint density at radius 1 is 1.17 bits per heavy atom. The minimum absolute atomic E-state index is 0.0665. The summed E-state index contributed by atoms with van der Waals surface area (Å²) in [5.74, 6) is -0.835. The molecule has 0 spiro atoms. The molecule has 24 heavy (non-hydrogen) atoms. The van der Waals surface area contributed by atoms with Crippen molar-refractivity contribution in [3.8, 4) is 5.75 Å². The Morgan fingerprint density at radius 2 is 1.88 bits per heavy atom. The number of aromatic hydroxyl groups is 1. The van der Waals surface area contributed by atoms with E-state index in [0.29, 0.717) is 6.42 Å². The van der Waals surface area contributed by atoms with Gasteiger partial charge in [-0.2, -0.15) is 0 Å². The molecule has 0 aliphatic rings. The van der Waals surface area contributed by atoms with E-state index in [0.717, 1.165) is 18.4 Å². The van der Waals surface area contributed by atoms with Gasteiger partial charge in [0.25, 0.3) is 5.91 Å². The van der Waals surface area contributed by atoms with Gasteiger partial charge in [-0.05, 0) is 43.0 Å². The average molecular weight is 328 g/mol. The van der Waals surface area contributed by atoms with Crippen LogP contribution in [0.4, 0.5) is 0 Å². The van der Waals surface area contributed by atoms with E-state index in [9.17, 15) is 15.0 Å². The van der Waals surface area contributed by atoms with E-state index in [2.05, 4.69) is 17.4 Å². The highest BCUT2D eigenvalue weighted by Crippen LogP contribution is 2.18. The molecule has 0 bridgehead atoms. The topological polar surface area (TPSA) is 95.6 Å². The van der Waals surface area contributed by atoms with Gasteiger partial charge in [0.05, 0.1) is 5.56 Å². The maximum Gasteiger partial charge on any atom is 0.252 e. The molecule has 2 aromatic rings. The van der Waals surface area contributed by atoms with Crippen LogP contribution in [0, 0.1) is 0 Å². The van der Waals surface area contributed by atoms with Gasteiger partial charge in [-0.25, -0.2) is 0 Å². The lowest BCUT2D eigenvalue weighted by Crippen LogP contribution is -2.38. The van der Waals surface area contributed by atoms with Crippen molar-refractivity contribution in [1.82, 2.24) is 5.32 Å². The van der Waals surface area contributed by atoms with Crippen molar-refractivity contribution in [2.75, 3.05) is 0 Å².